The van der Waals surface area contributed by atoms with E-state index in [0.29, 0.717) is 140 Å². The predicted octanol–water partition coefficient (Wildman–Crippen LogP) is 1.58. The standard InChI is InChI=1S/C34H57N9O8/c1-37-26-51-29-7-6-27(24-28(29)38-2)32(36)31-33(39-3)42-25-43-34(31)41-11-5-4-10-40-30(44)8-12-45-14-16-47-18-20-49-22-23-50-21-19-48-17-15-46-13-9-35/h6-7,24-25,36-37H,2,4-5,8-23,26,35H2,1,3H3,(H,40,44)(H2,39,41,42,43). The maximum Gasteiger partial charge on any atom is 0.222 e. The number of carbonyl (C=O) groups excluding carboxylic acids is 1. The van der Waals surface area contributed by atoms with Crippen molar-refractivity contribution in [1.82, 2.24) is 20.6 Å². The molecule has 0 bridgehead atoms. The zero-order valence-corrected chi connectivity index (χ0v) is 30.1. The van der Waals surface area contributed by atoms with E-state index in [1.165, 1.54) is 6.33 Å². The van der Waals surface area contributed by atoms with Gasteiger partial charge in [0, 0.05) is 38.7 Å². The SMILES string of the molecule is C=Nc1cc(C(=N)c2c(NC)ncnc2NCCCCNC(=O)CCOCCOCCOCCOCCOCCOCCN)ccc1OCNC. The second-order valence-electron chi connectivity index (χ2n) is 10.8. The van der Waals surface area contributed by atoms with E-state index in [-0.39, 0.29) is 18.0 Å². The monoisotopic (exact) mass is 719 g/mol. The zero-order chi connectivity index (χ0) is 36.8. The highest BCUT2D eigenvalue weighted by molar-refractivity contribution is 6.16. The third-order valence-corrected chi connectivity index (χ3v) is 6.94. The molecule has 0 spiro atoms. The van der Waals surface area contributed by atoms with Gasteiger partial charge in [-0.25, -0.2) is 9.97 Å². The highest BCUT2D eigenvalue weighted by Crippen LogP contribution is 2.31. The number of hydrogen-bond acceptors (Lipinski definition) is 16. The summed E-state index contributed by atoms with van der Waals surface area (Å²) in [4.78, 5) is 24.9. The molecule has 1 amide bonds. The molecular weight excluding hydrogens is 662 g/mol. The average Bonchev–Trinajstić information content (AvgIpc) is 3.15. The van der Waals surface area contributed by atoms with Gasteiger partial charge in [0.1, 0.15) is 36.1 Å². The van der Waals surface area contributed by atoms with Crippen molar-refractivity contribution in [3.05, 3.63) is 35.7 Å². The third-order valence-electron chi connectivity index (χ3n) is 6.94. The number of anilines is 2. The molecule has 17 heteroatoms. The molecule has 0 unspecified atom stereocenters. The maximum absolute atomic E-state index is 12.2. The van der Waals surface area contributed by atoms with Crippen molar-refractivity contribution in [3.8, 4) is 5.75 Å². The van der Waals surface area contributed by atoms with Gasteiger partial charge in [-0.15, -0.1) is 0 Å². The second-order valence-corrected chi connectivity index (χ2v) is 10.8. The lowest BCUT2D eigenvalue weighted by Gasteiger charge is -2.16. The number of aromatic nitrogens is 2. The lowest BCUT2D eigenvalue weighted by Crippen LogP contribution is -2.26. The number of amides is 1. The summed E-state index contributed by atoms with van der Waals surface area (Å²) in [6.07, 6.45) is 3.27. The number of aliphatic imine (C=N–C) groups is 1. The minimum absolute atomic E-state index is 0.0662. The summed E-state index contributed by atoms with van der Waals surface area (Å²) >= 11 is 0. The van der Waals surface area contributed by atoms with Crippen LogP contribution in [0, 0.1) is 5.41 Å². The van der Waals surface area contributed by atoms with E-state index in [1.807, 2.05) is 0 Å². The first kappa shape index (κ1) is 43.4. The highest BCUT2D eigenvalue weighted by Gasteiger charge is 2.18. The van der Waals surface area contributed by atoms with Crippen molar-refractivity contribution in [3.63, 3.8) is 0 Å². The number of benzene rings is 1. The molecule has 1 aromatic heterocycles. The molecule has 0 aliphatic carbocycles. The minimum atomic E-state index is -0.0662. The van der Waals surface area contributed by atoms with E-state index in [1.54, 1.807) is 32.3 Å². The van der Waals surface area contributed by atoms with Gasteiger partial charge < -0.3 is 54.8 Å². The summed E-state index contributed by atoms with van der Waals surface area (Å²) < 4.78 is 38.1. The fourth-order valence-electron chi connectivity index (χ4n) is 4.38. The quantitative estimate of drug-likeness (QED) is 0.0351. The van der Waals surface area contributed by atoms with Crippen LogP contribution in [0.15, 0.2) is 29.5 Å². The van der Waals surface area contributed by atoms with E-state index in [2.05, 4.69) is 42.9 Å². The molecule has 2 rings (SSSR count). The number of nitrogens with one attached hydrogen (secondary N) is 5. The summed E-state index contributed by atoms with van der Waals surface area (Å²) in [6.45, 7) is 11.3. The van der Waals surface area contributed by atoms with Crippen LogP contribution < -0.4 is 31.7 Å². The Morgan fingerprint density at radius 1 is 0.824 bits per heavy atom. The minimum Gasteiger partial charge on any atom is -0.476 e. The fourth-order valence-corrected chi connectivity index (χ4v) is 4.38. The number of hydrogen-bond donors (Lipinski definition) is 6. The Hall–Kier alpha value is -3.81. The number of nitrogens with zero attached hydrogens (tertiary/aromatic N) is 3. The van der Waals surface area contributed by atoms with Crippen LogP contribution in [-0.2, 0) is 33.2 Å². The molecule has 0 radical (unpaired) electrons. The second kappa shape index (κ2) is 28.8. The molecular formula is C34H57N9O8. The number of unbranched alkanes of at least 4 members (excludes halogenated alkanes) is 1. The van der Waals surface area contributed by atoms with Crippen LogP contribution in [0.2, 0.25) is 0 Å². The topological polar surface area (TPSA) is 218 Å². The van der Waals surface area contributed by atoms with E-state index in [9.17, 15) is 4.79 Å². The number of nitrogens with two attached hydrogens (primary N) is 1. The fraction of sp³-hybridized carbons (Fsp3) is 0.618. The smallest absolute Gasteiger partial charge is 0.222 e. The van der Waals surface area contributed by atoms with Gasteiger partial charge in [0.15, 0.2) is 0 Å². The third kappa shape index (κ3) is 18.8. The molecule has 0 fully saturated rings. The lowest BCUT2D eigenvalue weighted by molar-refractivity contribution is -0.122. The molecule has 1 heterocycles. The summed E-state index contributed by atoms with van der Waals surface area (Å²) in [5.74, 6) is 1.55. The Morgan fingerprint density at radius 3 is 1.96 bits per heavy atom. The van der Waals surface area contributed by atoms with Crippen molar-refractivity contribution >= 4 is 35.7 Å². The Kier molecular flexibility index (Phi) is 24.5. The molecule has 7 N–H and O–H groups in total. The maximum atomic E-state index is 12.2. The van der Waals surface area contributed by atoms with Gasteiger partial charge in [0.05, 0.1) is 90.6 Å². The van der Waals surface area contributed by atoms with Crippen LogP contribution in [0.1, 0.15) is 30.4 Å². The molecule has 0 atom stereocenters. The van der Waals surface area contributed by atoms with Crippen LogP contribution in [0.5, 0.6) is 5.75 Å². The van der Waals surface area contributed by atoms with Gasteiger partial charge in [-0.3, -0.25) is 20.5 Å². The van der Waals surface area contributed by atoms with Crippen LogP contribution in [0.25, 0.3) is 0 Å². The Bertz CT molecular complexity index is 1260. The van der Waals surface area contributed by atoms with Gasteiger partial charge in [-0.05, 0) is 44.8 Å². The van der Waals surface area contributed by atoms with E-state index >= 15 is 0 Å². The largest absolute Gasteiger partial charge is 0.476 e. The molecule has 0 aliphatic rings. The summed E-state index contributed by atoms with van der Waals surface area (Å²) in [7, 11) is 3.53. The highest BCUT2D eigenvalue weighted by atomic mass is 16.6. The van der Waals surface area contributed by atoms with Gasteiger partial charge in [-0.2, -0.15) is 0 Å². The van der Waals surface area contributed by atoms with Crippen LogP contribution in [0.4, 0.5) is 17.3 Å². The normalized spacial score (nSPS) is 11.0. The van der Waals surface area contributed by atoms with Gasteiger partial charge in [0.2, 0.25) is 5.91 Å². The summed E-state index contributed by atoms with van der Waals surface area (Å²) in [6, 6.07) is 5.30. The lowest BCUT2D eigenvalue weighted by atomic mass is 10.0. The Labute approximate surface area is 301 Å². The summed E-state index contributed by atoms with van der Waals surface area (Å²) in [5, 5.41) is 21.2. The van der Waals surface area contributed by atoms with Crippen LogP contribution in [-0.4, -0.2) is 148 Å². The van der Waals surface area contributed by atoms with Crippen molar-refractivity contribution < 1.29 is 38.0 Å². The van der Waals surface area contributed by atoms with Gasteiger partial charge >= 0.3 is 0 Å². The molecule has 1 aromatic carbocycles. The molecule has 0 saturated heterocycles. The van der Waals surface area contributed by atoms with E-state index in [0.717, 1.165) is 12.8 Å². The first-order chi connectivity index (χ1) is 25.0. The number of ether oxygens (including phenoxy) is 7. The zero-order valence-electron chi connectivity index (χ0n) is 30.1. The van der Waals surface area contributed by atoms with Crippen LogP contribution in [0.3, 0.4) is 0 Å². The Balaban J connectivity index is 1.52. The molecule has 0 saturated carbocycles. The molecule has 51 heavy (non-hydrogen) atoms. The Morgan fingerprint density at radius 2 is 1.39 bits per heavy atom. The van der Waals surface area contributed by atoms with Crippen molar-refractivity contribution in [1.29, 1.82) is 5.41 Å². The van der Waals surface area contributed by atoms with Gasteiger partial charge in [-0.1, -0.05) is 0 Å². The first-order valence-corrected chi connectivity index (χ1v) is 17.2. The summed E-state index contributed by atoms with van der Waals surface area (Å²) in [5.41, 5.74) is 7.24. The number of rotatable bonds is 33. The first-order valence-electron chi connectivity index (χ1n) is 17.2. The predicted molar refractivity (Wildman–Crippen MR) is 197 cm³/mol. The van der Waals surface area contributed by atoms with Crippen molar-refractivity contribution in [2.75, 3.05) is 130 Å². The van der Waals surface area contributed by atoms with Crippen molar-refractivity contribution in [2.45, 2.75) is 19.3 Å². The molecule has 286 valence electrons. The molecule has 0 aliphatic heterocycles. The van der Waals surface area contributed by atoms with Gasteiger partial charge in [0.25, 0.3) is 0 Å². The molecule has 17 nitrogen and oxygen atoms in total. The number of carbonyl (C=O) groups is 1. The molecule has 2 aromatic rings. The van der Waals surface area contributed by atoms with E-state index in [4.69, 9.17) is 44.3 Å². The van der Waals surface area contributed by atoms with Crippen molar-refractivity contribution in [2.24, 2.45) is 10.7 Å². The van der Waals surface area contributed by atoms with E-state index < -0.39 is 0 Å². The average molecular weight is 720 g/mol. The van der Waals surface area contributed by atoms with Crippen LogP contribution >= 0.6 is 0 Å².